The summed E-state index contributed by atoms with van der Waals surface area (Å²) >= 11 is 8.67. The molecule has 1 aromatic carbocycles. The largest absolute Gasteiger partial charge is 0.507 e. The molecule has 1 N–H and O–H groups in total. The molecule has 3 nitrogen and oxygen atoms in total. The van der Waals surface area contributed by atoms with Crippen molar-refractivity contribution in [1.82, 2.24) is 9.97 Å². The maximum atomic E-state index is 13.8. The first-order chi connectivity index (χ1) is 8.91. The Labute approximate surface area is 119 Å². The summed E-state index contributed by atoms with van der Waals surface area (Å²) in [5.74, 6) is -1.02. The molecule has 0 saturated heterocycles. The van der Waals surface area contributed by atoms with E-state index in [-0.39, 0.29) is 21.5 Å². The van der Waals surface area contributed by atoms with Crippen molar-refractivity contribution >= 4 is 27.5 Å². The number of rotatable bonds is 2. The average Bonchev–Trinajstić information content (AvgIpc) is 2.34. The summed E-state index contributed by atoms with van der Waals surface area (Å²) in [6, 6.07) is 2.04. The first-order valence-electron chi connectivity index (χ1n) is 4.88. The Morgan fingerprint density at radius 1 is 1.26 bits per heavy atom. The first kappa shape index (κ1) is 14.1. The van der Waals surface area contributed by atoms with E-state index in [1.54, 1.807) is 0 Å². The molecule has 0 aliphatic rings. The van der Waals surface area contributed by atoms with Gasteiger partial charge in [0.15, 0.2) is 0 Å². The second-order valence-electron chi connectivity index (χ2n) is 3.51. The van der Waals surface area contributed by atoms with Gasteiger partial charge in [0, 0.05) is 5.56 Å². The van der Waals surface area contributed by atoms with Crippen LogP contribution in [0.4, 0.5) is 13.2 Å². The zero-order valence-electron chi connectivity index (χ0n) is 9.04. The molecule has 2 aromatic rings. The van der Waals surface area contributed by atoms with Crippen molar-refractivity contribution in [3.63, 3.8) is 0 Å². The van der Waals surface area contributed by atoms with Crippen LogP contribution in [0, 0.1) is 5.82 Å². The van der Waals surface area contributed by atoms with Crippen molar-refractivity contribution in [2.75, 3.05) is 0 Å². The van der Waals surface area contributed by atoms with E-state index in [0.717, 1.165) is 18.5 Å². The molecular weight excluding hydrogens is 348 g/mol. The number of nitrogens with zero attached hydrogens (tertiary/aromatic N) is 2. The van der Waals surface area contributed by atoms with Gasteiger partial charge in [-0.15, -0.1) is 0 Å². The molecule has 0 spiro atoms. The van der Waals surface area contributed by atoms with Crippen LogP contribution in [0.5, 0.6) is 5.75 Å². The van der Waals surface area contributed by atoms with E-state index in [9.17, 15) is 18.3 Å². The van der Waals surface area contributed by atoms with Gasteiger partial charge in [-0.05, 0) is 28.1 Å². The molecule has 0 atom stereocenters. The second kappa shape index (κ2) is 5.34. The Hall–Kier alpha value is -1.34. The predicted octanol–water partition coefficient (Wildman–Crippen LogP) is 4.34. The molecule has 0 saturated carbocycles. The molecule has 0 bridgehead atoms. The zero-order chi connectivity index (χ0) is 14.2. The van der Waals surface area contributed by atoms with Gasteiger partial charge < -0.3 is 5.11 Å². The highest BCUT2D eigenvalue weighted by atomic mass is 79.9. The van der Waals surface area contributed by atoms with Crippen LogP contribution in [0.1, 0.15) is 12.1 Å². The summed E-state index contributed by atoms with van der Waals surface area (Å²) in [5.41, 5.74) is -1.07. The summed E-state index contributed by atoms with van der Waals surface area (Å²) in [6.45, 7) is 0. The summed E-state index contributed by atoms with van der Waals surface area (Å²) in [6.07, 6.45) is -2.04. The highest BCUT2D eigenvalue weighted by molar-refractivity contribution is 9.10. The van der Waals surface area contributed by atoms with Gasteiger partial charge in [-0.3, -0.25) is 0 Å². The number of hydrogen-bond donors (Lipinski definition) is 1. The van der Waals surface area contributed by atoms with Crippen LogP contribution in [0.25, 0.3) is 11.3 Å². The van der Waals surface area contributed by atoms with Crippen molar-refractivity contribution in [2.24, 2.45) is 0 Å². The van der Waals surface area contributed by atoms with E-state index < -0.39 is 23.0 Å². The fraction of sp³-hybridized carbons (Fsp3) is 0.0909. The molecule has 0 radical (unpaired) electrons. The van der Waals surface area contributed by atoms with Crippen LogP contribution in [-0.4, -0.2) is 15.1 Å². The highest BCUT2D eigenvalue weighted by Crippen LogP contribution is 2.37. The van der Waals surface area contributed by atoms with Crippen LogP contribution in [-0.2, 0) is 0 Å². The minimum Gasteiger partial charge on any atom is -0.507 e. The second-order valence-corrected chi connectivity index (χ2v) is 4.74. The van der Waals surface area contributed by atoms with Gasteiger partial charge in [-0.1, -0.05) is 11.6 Å². The molecule has 0 amide bonds. The van der Waals surface area contributed by atoms with E-state index in [1.807, 2.05) is 0 Å². The fourth-order valence-corrected chi connectivity index (χ4v) is 2.04. The minimum atomic E-state index is -2.90. The maximum absolute atomic E-state index is 13.8. The fourth-order valence-electron chi connectivity index (χ4n) is 1.44. The lowest BCUT2D eigenvalue weighted by Gasteiger charge is -2.09. The number of halogens is 5. The molecule has 19 heavy (non-hydrogen) atoms. The lowest BCUT2D eigenvalue weighted by Crippen LogP contribution is -1.98. The molecule has 0 fully saturated rings. The molecule has 0 unspecified atom stereocenters. The molecule has 8 heteroatoms. The Kier molecular flexibility index (Phi) is 3.96. The maximum Gasteiger partial charge on any atom is 0.281 e. The number of hydrogen-bond acceptors (Lipinski definition) is 3. The third-order valence-electron chi connectivity index (χ3n) is 2.31. The van der Waals surface area contributed by atoms with Crippen molar-refractivity contribution in [1.29, 1.82) is 0 Å². The Morgan fingerprint density at radius 2 is 1.95 bits per heavy atom. The molecule has 0 aliphatic carbocycles. The molecule has 100 valence electrons. The Bertz CT molecular complexity index is 640. The monoisotopic (exact) mass is 352 g/mol. The zero-order valence-corrected chi connectivity index (χ0v) is 11.4. The Morgan fingerprint density at radius 3 is 2.58 bits per heavy atom. The van der Waals surface area contributed by atoms with Gasteiger partial charge in [0.1, 0.15) is 23.6 Å². The third kappa shape index (κ3) is 2.66. The first-order valence-corrected chi connectivity index (χ1v) is 6.05. The molecule has 2 rings (SSSR count). The predicted molar refractivity (Wildman–Crippen MR) is 66.8 cm³/mol. The SMILES string of the molecule is Oc1cc(-c2ncnc(C(F)F)c2Cl)c(F)cc1Br. The molecule has 0 aliphatic heterocycles. The lowest BCUT2D eigenvalue weighted by molar-refractivity contribution is 0.146. The van der Waals surface area contributed by atoms with Crippen LogP contribution >= 0.6 is 27.5 Å². The quantitative estimate of drug-likeness (QED) is 0.873. The average molecular weight is 354 g/mol. The minimum absolute atomic E-state index is 0.132. The van der Waals surface area contributed by atoms with Gasteiger partial charge in [0.05, 0.1) is 15.2 Å². The summed E-state index contributed by atoms with van der Waals surface area (Å²) in [7, 11) is 0. The van der Waals surface area contributed by atoms with Crippen LogP contribution in [0.15, 0.2) is 22.9 Å². The standard InChI is InChI=1S/C11H5BrClF3N2O/c12-5-2-6(14)4(1-7(5)19)9-8(13)10(11(15)16)18-3-17-9/h1-3,11,19H. The van der Waals surface area contributed by atoms with Gasteiger partial charge in [0.25, 0.3) is 6.43 Å². The van der Waals surface area contributed by atoms with Crippen molar-refractivity contribution in [3.05, 3.63) is 39.5 Å². The smallest absolute Gasteiger partial charge is 0.281 e. The van der Waals surface area contributed by atoms with Crippen molar-refractivity contribution < 1.29 is 18.3 Å². The number of phenolic OH excluding ortho intramolecular Hbond substituents is 1. The third-order valence-corrected chi connectivity index (χ3v) is 3.32. The van der Waals surface area contributed by atoms with Gasteiger partial charge in [0.2, 0.25) is 0 Å². The molecular formula is C11H5BrClF3N2O. The number of alkyl halides is 2. The molecule has 1 heterocycles. The number of benzene rings is 1. The van der Waals surface area contributed by atoms with Crippen LogP contribution < -0.4 is 0 Å². The normalized spacial score (nSPS) is 11.1. The lowest BCUT2D eigenvalue weighted by atomic mass is 10.1. The summed E-state index contributed by atoms with van der Waals surface area (Å²) in [5, 5.41) is 9.06. The number of aromatic nitrogens is 2. The Balaban J connectivity index is 2.66. The topological polar surface area (TPSA) is 46.0 Å². The van der Waals surface area contributed by atoms with Crippen LogP contribution in [0.3, 0.4) is 0 Å². The van der Waals surface area contributed by atoms with E-state index in [0.29, 0.717) is 0 Å². The summed E-state index contributed by atoms with van der Waals surface area (Å²) < 4.78 is 39.2. The van der Waals surface area contributed by atoms with E-state index in [1.165, 1.54) is 0 Å². The van der Waals surface area contributed by atoms with E-state index in [2.05, 4.69) is 25.9 Å². The van der Waals surface area contributed by atoms with Crippen LogP contribution in [0.2, 0.25) is 5.02 Å². The van der Waals surface area contributed by atoms with E-state index >= 15 is 0 Å². The van der Waals surface area contributed by atoms with Gasteiger partial charge in [-0.25, -0.2) is 23.1 Å². The number of aromatic hydroxyl groups is 1. The van der Waals surface area contributed by atoms with Crippen molar-refractivity contribution in [2.45, 2.75) is 6.43 Å². The number of phenols is 1. The molecule has 1 aromatic heterocycles. The van der Waals surface area contributed by atoms with Gasteiger partial charge >= 0.3 is 0 Å². The highest BCUT2D eigenvalue weighted by Gasteiger charge is 2.21. The van der Waals surface area contributed by atoms with E-state index in [4.69, 9.17) is 11.6 Å². The van der Waals surface area contributed by atoms with Crippen molar-refractivity contribution in [3.8, 4) is 17.0 Å². The summed E-state index contributed by atoms with van der Waals surface area (Å²) in [4.78, 5) is 7.03. The van der Waals surface area contributed by atoms with Gasteiger partial charge in [-0.2, -0.15) is 0 Å².